The molecule has 1 aromatic heterocycles. The molecule has 1 aliphatic rings. The maximum absolute atomic E-state index is 11.9. The molecule has 1 fully saturated rings. The van der Waals surface area contributed by atoms with E-state index in [0.29, 0.717) is 24.6 Å². The Morgan fingerprint density at radius 3 is 2.62 bits per heavy atom. The SMILES string of the molecule is O=C(NCCNc1nccc(N2CCCCC2)n1)c1ccccc1. The van der Waals surface area contributed by atoms with Crippen LogP contribution in [0.4, 0.5) is 11.8 Å². The van der Waals surface area contributed by atoms with E-state index in [-0.39, 0.29) is 5.91 Å². The predicted octanol–water partition coefficient (Wildman–Crippen LogP) is 2.31. The number of benzene rings is 1. The first-order chi connectivity index (χ1) is 11.8. The van der Waals surface area contributed by atoms with Crippen molar-refractivity contribution in [3.05, 3.63) is 48.2 Å². The number of hydrogen-bond donors (Lipinski definition) is 2. The molecule has 1 aliphatic heterocycles. The van der Waals surface area contributed by atoms with E-state index in [1.165, 1.54) is 19.3 Å². The normalized spacial score (nSPS) is 14.2. The second kappa shape index (κ2) is 8.29. The Morgan fingerprint density at radius 1 is 1.04 bits per heavy atom. The number of nitrogens with one attached hydrogen (secondary N) is 2. The van der Waals surface area contributed by atoms with Crippen LogP contribution in [-0.4, -0.2) is 42.1 Å². The number of hydrogen-bond acceptors (Lipinski definition) is 5. The standard InChI is InChI=1S/C18H23N5O/c24-17(15-7-3-1-4-8-15)19-11-12-21-18-20-10-9-16(22-18)23-13-5-2-6-14-23/h1,3-4,7-10H,2,5-6,11-14H2,(H,19,24)(H,20,21,22). The van der Waals surface area contributed by atoms with Gasteiger partial charge in [-0.15, -0.1) is 0 Å². The molecular formula is C18H23N5O. The first-order valence-electron chi connectivity index (χ1n) is 8.48. The number of nitrogens with zero attached hydrogens (tertiary/aromatic N) is 3. The molecule has 2 N–H and O–H groups in total. The van der Waals surface area contributed by atoms with Crippen molar-refractivity contribution in [2.45, 2.75) is 19.3 Å². The van der Waals surface area contributed by atoms with E-state index in [0.717, 1.165) is 18.9 Å². The van der Waals surface area contributed by atoms with Crippen molar-refractivity contribution in [3.8, 4) is 0 Å². The maximum atomic E-state index is 11.9. The second-order valence-corrected chi connectivity index (χ2v) is 5.83. The monoisotopic (exact) mass is 325 g/mol. The summed E-state index contributed by atoms with van der Waals surface area (Å²) in [5, 5.41) is 6.05. The minimum absolute atomic E-state index is 0.0691. The number of anilines is 2. The number of amides is 1. The minimum atomic E-state index is -0.0691. The second-order valence-electron chi connectivity index (χ2n) is 5.83. The highest BCUT2D eigenvalue weighted by atomic mass is 16.1. The lowest BCUT2D eigenvalue weighted by atomic mass is 10.1. The number of rotatable bonds is 6. The molecule has 0 radical (unpaired) electrons. The number of aromatic nitrogens is 2. The molecular weight excluding hydrogens is 302 g/mol. The summed E-state index contributed by atoms with van der Waals surface area (Å²) in [6, 6.07) is 11.2. The zero-order valence-corrected chi connectivity index (χ0v) is 13.7. The van der Waals surface area contributed by atoms with Gasteiger partial charge in [-0.1, -0.05) is 18.2 Å². The molecule has 0 spiro atoms. The summed E-state index contributed by atoms with van der Waals surface area (Å²) in [4.78, 5) is 23.0. The first kappa shape index (κ1) is 16.2. The molecule has 0 atom stereocenters. The van der Waals surface area contributed by atoms with Gasteiger partial charge in [0.2, 0.25) is 5.95 Å². The molecule has 3 rings (SSSR count). The van der Waals surface area contributed by atoms with E-state index < -0.39 is 0 Å². The van der Waals surface area contributed by atoms with E-state index >= 15 is 0 Å². The van der Waals surface area contributed by atoms with Crippen LogP contribution >= 0.6 is 0 Å². The van der Waals surface area contributed by atoms with Gasteiger partial charge < -0.3 is 15.5 Å². The van der Waals surface area contributed by atoms with Gasteiger partial charge in [0.25, 0.3) is 5.91 Å². The minimum Gasteiger partial charge on any atom is -0.356 e. The van der Waals surface area contributed by atoms with Crippen molar-refractivity contribution in [3.63, 3.8) is 0 Å². The van der Waals surface area contributed by atoms with Crippen molar-refractivity contribution >= 4 is 17.7 Å². The van der Waals surface area contributed by atoms with Crippen LogP contribution in [0.1, 0.15) is 29.6 Å². The number of carbonyl (C=O) groups is 1. The lowest BCUT2D eigenvalue weighted by molar-refractivity contribution is 0.0955. The average Bonchev–Trinajstić information content (AvgIpc) is 2.67. The Kier molecular flexibility index (Phi) is 5.61. The van der Waals surface area contributed by atoms with E-state index in [9.17, 15) is 4.79 Å². The molecule has 2 aromatic rings. The van der Waals surface area contributed by atoms with E-state index in [2.05, 4.69) is 25.5 Å². The van der Waals surface area contributed by atoms with Crippen LogP contribution in [0.5, 0.6) is 0 Å². The molecule has 1 amide bonds. The van der Waals surface area contributed by atoms with Crippen molar-refractivity contribution in [1.82, 2.24) is 15.3 Å². The highest BCUT2D eigenvalue weighted by Gasteiger charge is 2.12. The van der Waals surface area contributed by atoms with Gasteiger partial charge in [-0.05, 0) is 37.5 Å². The fourth-order valence-electron chi connectivity index (χ4n) is 2.78. The Balaban J connectivity index is 1.46. The summed E-state index contributed by atoms with van der Waals surface area (Å²) in [6.07, 6.45) is 5.52. The van der Waals surface area contributed by atoms with E-state index in [4.69, 9.17) is 0 Å². The summed E-state index contributed by atoms with van der Waals surface area (Å²) < 4.78 is 0. The molecule has 1 saturated heterocycles. The van der Waals surface area contributed by atoms with Gasteiger partial charge >= 0.3 is 0 Å². The fraction of sp³-hybridized carbons (Fsp3) is 0.389. The zero-order valence-electron chi connectivity index (χ0n) is 13.7. The predicted molar refractivity (Wildman–Crippen MR) is 95.4 cm³/mol. The number of carbonyl (C=O) groups excluding carboxylic acids is 1. The maximum Gasteiger partial charge on any atom is 0.251 e. The lowest BCUT2D eigenvalue weighted by Crippen LogP contribution is -2.31. The summed E-state index contributed by atoms with van der Waals surface area (Å²) in [7, 11) is 0. The molecule has 0 bridgehead atoms. The summed E-state index contributed by atoms with van der Waals surface area (Å²) in [6.45, 7) is 3.22. The Morgan fingerprint density at radius 2 is 1.83 bits per heavy atom. The topological polar surface area (TPSA) is 70.2 Å². The summed E-state index contributed by atoms with van der Waals surface area (Å²) in [5.41, 5.74) is 0.667. The third kappa shape index (κ3) is 4.44. The van der Waals surface area contributed by atoms with Crippen molar-refractivity contribution < 1.29 is 4.79 Å². The Labute approximate surface area is 142 Å². The first-order valence-corrected chi connectivity index (χ1v) is 8.48. The van der Waals surface area contributed by atoms with Gasteiger partial charge in [0.1, 0.15) is 5.82 Å². The molecule has 24 heavy (non-hydrogen) atoms. The molecule has 1 aromatic carbocycles. The Bertz CT molecular complexity index is 655. The van der Waals surface area contributed by atoms with Crippen LogP contribution in [0.25, 0.3) is 0 Å². The molecule has 6 nitrogen and oxygen atoms in total. The van der Waals surface area contributed by atoms with E-state index in [1.807, 2.05) is 24.3 Å². The van der Waals surface area contributed by atoms with Crippen molar-refractivity contribution in [1.29, 1.82) is 0 Å². The summed E-state index contributed by atoms with van der Waals surface area (Å²) in [5.74, 6) is 1.51. The zero-order chi connectivity index (χ0) is 16.6. The molecule has 0 saturated carbocycles. The van der Waals surface area contributed by atoms with Gasteiger partial charge in [0.15, 0.2) is 0 Å². The van der Waals surface area contributed by atoms with Crippen LogP contribution in [0, 0.1) is 0 Å². The van der Waals surface area contributed by atoms with Crippen LogP contribution in [0.2, 0.25) is 0 Å². The highest BCUT2D eigenvalue weighted by molar-refractivity contribution is 5.94. The van der Waals surface area contributed by atoms with Gasteiger partial charge in [0, 0.05) is 37.9 Å². The molecule has 126 valence electrons. The summed E-state index contributed by atoms with van der Waals surface area (Å²) >= 11 is 0. The highest BCUT2D eigenvalue weighted by Crippen LogP contribution is 2.17. The van der Waals surface area contributed by atoms with Gasteiger partial charge in [0.05, 0.1) is 0 Å². The van der Waals surface area contributed by atoms with Gasteiger partial charge in [-0.3, -0.25) is 4.79 Å². The van der Waals surface area contributed by atoms with Gasteiger partial charge in [-0.2, -0.15) is 4.98 Å². The smallest absolute Gasteiger partial charge is 0.251 e. The van der Waals surface area contributed by atoms with Crippen LogP contribution < -0.4 is 15.5 Å². The van der Waals surface area contributed by atoms with Crippen LogP contribution in [0.3, 0.4) is 0 Å². The quantitative estimate of drug-likeness (QED) is 0.798. The third-order valence-corrected chi connectivity index (χ3v) is 4.05. The number of piperidine rings is 1. The Hall–Kier alpha value is -2.63. The lowest BCUT2D eigenvalue weighted by Gasteiger charge is -2.27. The molecule has 0 unspecified atom stereocenters. The molecule has 6 heteroatoms. The van der Waals surface area contributed by atoms with E-state index in [1.54, 1.807) is 18.3 Å². The van der Waals surface area contributed by atoms with Crippen LogP contribution in [0.15, 0.2) is 42.6 Å². The molecule has 0 aliphatic carbocycles. The average molecular weight is 325 g/mol. The largest absolute Gasteiger partial charge is 0.356 e. The van der Waals surface area contributed by atoms with Crippen molar-refractivity contribution in [2.75, 3.05) is 36.4 Å². The van der Waals surface area contributed by atoms with Gasteiger partial charge in [-0.25, -0.2) is 4.98 Å². The molecule has 2 heterocycles. The fourth-order valence-corrected chi connectivity index (χ4v) is 2.78. The van der Waals surface area contributed by atoms with Crippen molar-refractivity contribution in [2.24, 2.45) is 0 Å². The third-order valence-electron chi connectivity index (χ3n) is 4.05. The van der Waals surface area contributed by atoms with Crippen LogP contribution in [-0.2, 0) is 0 Å².